The van der Waals surface area contributed by atoms with E-state index in [1.165, 1.54) is 45.3 Å². The fourth-order valence-corrected chi connectivity index (χ4v) is 1.96. The second kappa shape index (κ2) is 5.87. The molecule has 12 heavy (non-hydrogen) atoms. The van der Waals surface area contributed by atoms with Crippen LogP contribution in [0.5, 0.6) is 0 Å². The van der Waals surface area contributed by atoms with Gasteiger partial charge in [-0.05, 0) is 57.0 Å². The van der Waals surface area contributed by atoms with Crippen molar-refractivity contribution in [1.82, 2.24) is 4.90 Å². The van der Waals surface area contributed by atoms with Crippen LogP contribution in [-0.4, -0.2) is 30.3 Å². The van der Waals surface area contributed by atoms with E-state index in [4.69, 9.17) is 0 Å². The number of nitrogens with zero attached hydrogens (tertiary/aromatic N) is 1. The first-order valence-corrected chi connectivity index (χ1v) is 5.79. The first-order chi connectivity index (χ1) is 5.83. The van der Waals surface area contributed by atoms with Crippen LogP contribution in [0.2, 0.25) is 0 Å². The second-order valence-corrected chi connectivity index (χ2v) is 4.40. The summed E-state index contributed by atoms with van der Waals surface area (Å²) in [5.41, 5.74) is 0. The zero-order valence-electron chi connectivity index (χ0n) is 8.13. The number of unbranched alkanes of at least 4 members (excludes halogenated alkanes) is 1. The van der Waals surface area contributed by atoms with Gasteiger partial charge in [0.2, 0.25) is 0 Å². The molecule has 0 saturated carbocycles. The highest BCUT2D eigenvalue weighted by atomic mass is 32.1. The summed E-state index contributed by atoms with van der Waals surface area (Å²) in [6.07, 6.45) is 5.41. The number of likely N-dealkylation sites (tertiary alicyclic amines) is 1. The number of thiol groups is 1. The number of piperidine rings is 1. The maximum absolute atomic E-state index is 4.21. The van der Waals surface area contributed by atoms with E-state index in [9.17, 15) is 0 Å². The van der Waals surface area contributed by atoms with Gasteiger partial charge in [-0.15, -0.1) is 0 Å². The Hall–Kier alpha value is 0.310. The molecule has 1 rings (SSSR count). The van der Waals surface area contributed by atoms with E-state index >= 15 is 0 Å². The predicted octanol–water partition coefficient (Wildman–Crippen LogP) is 2.43. The van der Waals surface area contributed by atoms with Gasteiger partial charge >= 0.3 is 0 Å². The third-order valence-electron chi connectivity index (χ3n) is 2.76. The standard InChI is InChI=1S/C10H21NS/c1-10-4-7-11(8-5-10)6-2-3-9-12/h10,12H,2-9H2,1H3. The molecule has 0 spiro atoms. The first kappa shape index (κ1) is 10.4. The Kier molecular flexibility index (Phi) is 5.08. The fourth-order valence-electron chi connectivity index (χ4n) is 1.73. The lowest BCUT2D eigenvalue weighted by Gasteiger charge is -2.29. The molecule has 1 saturated heterocycles. The lowest BCUT2D eigenvalue weighted by Crippen LogP contribution is -2.33. The summed E-state index contributed by atoms with van der Waals surface area (Å²) < 4.78 is 0. The Balaban J connectivity index is 2.01. The lowest BCUT2D eigenvalue weighted by molar-refractivity contribution is 0.190. The highest BCUT2D eigenvalue weighted by Gasteiger charge is 2.14. The molecule has 1 nitrogen and oxygen atoms in total. The molecule has 0 aromatic carbocycles. The van der Waals surface area contributed by atoms with Gasteiger partial charge in [-0.2, -0.15) is 12.6 Å². The number of rotatable bonds is 4. The molecule has 2 heteroatoms. The van der Waals surface area contributed by atoms with Gasteiger partial charge in [0.1, 0.15) is 0 Å². The largest absolute Gasteiger partial charge is 0.303 e. The Morgan fingerprint density at radius 1 is 1.25 bits per heavy atom. The summed E-state index contributed by atoms with van der Waals surface area (Å²) in [5.74, 6) is 2.01. The predicted molar refractivity (Wildman–Crippen MR) is 57.9 cm³/mol. The maximum atomic E-state index is 4.21. The summed E-state index contributed by atoms with van der Waals surface area (Å²) in [6.45, 7) is 6.32. The van der Waals surface area contributed by atoms with Crippen LogP contribution in [0.15, 0.2) is 0 Å². The van der Waals surface area contributed by atoms with E-state index in [2.05, 4.69) is 24.5 Å². The Morgan fingerprint density at radius 2 is 1.92 bits per heavy atom. The molecule has 0 radical (unpaired) electrons. The summed E-state index contributed by atoms with van der Waals surface area (Å²) >= 11 is 4.21. The van der Waals surface area contributed by atoms with Crippen LogP contribution in [0.3, 0.4) is 0 Å². The van der Waals surface area contributed by atoms with Crippen molar-refractivity contribution in [1.29, 1.82) is 0 Å². The Labute approximate surface area is 81.9 Å². The smallest absolute Gasteiger partial charge is 0.00162 e. The SMILES string of the molecule is CC1CCN(CCCCS)CC1. The molecule has 0 aromatic heterocycles. The molecule has 0 unspecified atom stereocenters. The van der Waals surface area contributed by atoms with Crippen LogP contribution < -0.4 is 0 Å². The topological polar surface area (TPSA) is 3.24 Å². The fraction of sp³-hybridized carbons (Fsp3) is 1.00. The van der Waals surface area contributed by atoms with E-state index in [0.717, 1.165) is 11.7 Å². The van der Waals surface area contributed by atoms with Crippen molar-refractivity contribution in [2.75, 3.05) is 25.4 Å². The quantitative estimate of drug-likeness (QED) is 0.522. The van der Waals surface area contributed by atoms with Crippen molar-refractivity contribution in [2.45, 2.75) is 32.6 Å². The molecule has 0 aromatic rings. The lowest BCUT2D eigenvalue weighted by atomic mass is 9.99. The summed E-state index contributed by atoms with van der Waals surface area (Å²) in [6, 6.07) is 0. The summed E-state index contributed by atoms with van der Waals surface area (Å²) in [5, 5.41) is 0. The zero-order chi connectivity index (χ0) is 8.81. The molecule has 0 atom stereocenters. The summed E-state index contributed by atoms with van der Waals surface area (Å²) in [4.78, 5) is 2.60. The van der Waals surface area contributed by atoms with Crippen LogP contribution >= 0.6 is 12.6 Å². The van der Waals surface area contributed by atoms with E-state index in [1.807, 2.05) is 0 Å². The molecule has 1 heterocycles. The number of hydrogen-bond donors (Lipinski definition) is 1. The van der Waals surface area contributed by atoms with Gasteiger partial charge in [-0.25, -0.2) is 0 Å². The van der Waals surface area contributed by atoms with Crippen LogP contribution in [0.25, 0.3) is 0 Å². The molecule has 0 bridgehead atoms. The highest BCUT2D eigenvalue weighted by molar-refractivity contribution is 7.80. The molecule has 0 N–H and O–H groups in total. The van der Waals surface area contributed by atoms with E-state index in [1.54, 1.807) is 0 Å². The van der Waals surface area contributed by atoms with Crippen molar-refractivity contribution in [3.8, 4) is 0 Å². The van der Waals surface area contributed by atoms with E-state index in [-0.39, 0.29) is 0 Å². The van der Waals surface area contributed by atoms with Crippen molar-refractivity contribution >= 4 is 12.6 Å². The zero-order valence-corrected chi connectivity index (χ0v) is 9.02. The molecular formula is C10H21NS. The average Bonchev–Trinajstić information content (AvgIpc) is 2.09. The van der Waals surface area contributed by atoms with Crippen molar-refractivity contribution in [3.63, 3.8) is 0 Å². The van der Waals surface area contributed by atoms with Crippen molar-refractivity contribution in [2.24, 2.45) is 5.92 Å². The average molecular weight is 187 g/mol. The molecule has 1 fully saturated rings. The minimum absolute atomic E-state index is 0.964. The molecule has 1 aliphatic rings. The number of hydrogen-bond acceptors (Lipinski definition) is 2. The molecular weight excluding hydrogens is 166 g/mol. The van der Waals surface area contributed by atoms with Crippen molar-refractivity contribution in [3.05, 3.63) is 0 Å². The van der Waals surface area contributed by atoms with Crippen LogP contribution in [0.4, 0.5) is 0 Å². The third kappa shape index (κ3) is 3.81. The minimum atomic E-state index is 0.964. The van der Waals surface area contributed by atoms with Crippen molar-refractivity contribution < 1.29 is 0 Å². The van der Waals surface area contributed by atoms with Gasteiger partial charge in [-0.1, -0.05) is 6.92 Å². The molecule has 0 amide bonds. The van der Waals surface area contributed by atoms with Gasteiger partial charge in [0.05, 0.1) is 0 Å². The van der Waals surface area contributed by atoms with Gasteiger partial charge < -0.3 is 4.90 Å². The van der Waals surface area contributed by atoms with Gasteiger partial charge in [0, 0.05) is 0 Å². The highest BCUT2D eigenvalue weighted by Crippen LogP contribution is 2.16. The second-order valence-electron chi connectivity index (χ2n) is 3.95. The van der Waals surface area contributed by atoms with Crippen LogP contribution in [0.1, 0.15) is 32.6 Å². The normalized spacial score (nSPS) is 21.5. The van der Waals surface area contributed by atoms with Crippen LogP contribution in [-0.2, 0) is 0 Å². The minimum Gasteiger partial charge on any atom is -0.303 e. The Morgan fingerprint density at radius 3 is 2.50 bits per heavy atom. The molecule has 0 aliphatic carbocycles. The monoisotopic (exact) mass is 187 g/mol. The van der Waals surface area contributed by atoms with Gasteiger partial charge in [0.25, 0.3) is 0 Å². The Bertz CT molecular complexity index is 108. The molecule has 72 valence electrons. The van der Waals surface area contributed by atoms with Crippen LogP contribution in [0, 0.1) is 5.92 Å². The van der Waals surface area contributed by atoms with Gasteiger partial charge in [-0.3, -0.25) is 0 Å². The van der Waals surface area contributed by atoms with E-state index < -0.39 is 0 Å². The maximum Gasteiger partial charge on any atom is -0.00162 e. The summed E-state index contributed by atoms with van der Waals surface area (Å²) in [7, 11) is 0. The van der Waals surface area contributed by atoms with Gasteiger partial charge in [0.15, 0.2) is 0 Å². The molecule has 1 aliphatic heterocycles. The third-order valence-corrected chi connectivity index (χ3v) is 3.07. The van der Waals surface area contributed by atoms with E-state index in [0.29, 0.717) is 0 Å². The first-order valence-electron chi connectivity index (χ1n) is 5.16.